The summed E-state index contributed by atoms with van der Waals surface area (Å²) in [5.41, 5.74) is 0.528. The van der Waals surface area contributed by atoms with Crippen molar-refractivity contribution >= 4 is 17.5 Å². The molecule has 2 heterocycles. The molecule has 15 heavy (non-hydrogen) atoms. The Hall–Kier alpha value is -1.09. The number of nitrogens with zero attached hydrogens (tertiary/aromatic N) is 2. The summed E-state index contributed by atoms with van der Waals surface area (Å²) in [6.45, 7) is 1.80. The number of hydrogen-bond donors (Lipinski definition) is 0. The third-order valence-electron chi connectivity index (χ3n) is 3.26. The molecule has 2 unspecified atom stereocenters. The van der Waals surface area contributed by atoms with Crippen LogP contribution in [0.5, 0.6) is 0 Å². The molecule has 1 amide bonds. The van der Waals surface area contributed by atoms with Crippen molar-refractivity contribution in [1.29, 1.82) is 0 Å². The summed E-state index contributed by atoms with van der Waals surface area (Å²) in [6, 6.07) is 1.66. The number of likely N-dealkylation sites (tertiary alicyclic amines) is 1. The van der Waals surface area contributed by atoms with Gasteiger partial charge in [0.05, 0.1) is 10.6 Å². The Labute approximate surface area is 93.1 Å². The maximum Gasteiger partial charge on any atom is 0.256 e. The molecule has 3 rings (SSSR count). The highest BCUT2D eigenvalue weighted by molar-refractivity contribution is 6.33. The van der Waals surface area contributed by atoms with Crippen LogP contribution < -0.4 is 0 Å². The van der Waals surface area contributed by atoms with Crippen molar-refractivity contribution in [2.24, 2.45) is 11.8 Å². The second-order valence-electron chi connectivity index (χ2n) is 4.32. The quantitative estimate of drug-likeness (QED) is 0.726. The molecule has 0 radical (unpaired) electrons. The van der Waals surface area contributed by atoms with Crippen molar-refractivity contribution in [1.82, 2.24) is 9.88 Å². The van der Waals surface area contributed by atoms with Crippen molar-refractivity contribution in [2.75, 3.05) is 13.1 Å². The maximum absolute atomic E-state index is 12.0. The fourth-order valence-electron chi connectivity index (χ4n) is 2.27. The Morgan fingerprint density at radius 3 is 2.87 bits per heavy atom. The molecule has 2 atom stereocenters. The highest BCUT2D eigenvalue weighted by atomic mass is 35.5. The minimum Gasteiger partial charge on any atom is -0.338 e. The Morgan fingerprint density at radius 2 is 2.20 bits per heavy atom. The van der Waals surface area contributed by atoms with E-state index in [1.165, 1.54) is 6.42 Å². The van der Waals surface area contributed by atoms with E-state index in [2.05, 4.69) is 4.98 Å². The minimum atomic E-state index is 0.0281. The summed E-state index contributed by atoms with van der Waals surface area (Å²) in [4.78, 5) is 17.9. The van der Waals surface area contributed by atoms with Crippen molar-refractivity contribution < 1.29 is 4.79 Å². The second kappa shape index (κ2) is 3.20. The van der Waals surface area contributed by atoms with Crippen molar-refractivity contribution in [3.8, 4) is 0 Å². The average Bonchev–Trinajstić information content (AvgIpc) is 2.86. The largest absolute Gasteiger partial charge is 0.338 e. The summed E-state index contributed by atoms with van der Waals surface area (Å²) < 4.78 is 0. The number of fused-ring (bicyclic) bond motifs is 1. The molecule has 1 aromatic rings. The highest BCUT2D eigenvalue weighted by Gasteiger charge is 2.46. The van der Waals surface area contributed by atoms with E-state index in [-0.39, 0.29) is 5.91 Å². The van der Waals surface area contributed by atoms with Crippen LogP contribution >= 0.6 is 11.6 Å². The number of carbonyl (C=O) groups excluding carboxylic acids is 1. The number of rotatable bonds is 1. The van der Waals surface area contributed by atoms with E-state index < -0.39 is 0 Å². The lowest BCUT2D eigenvalue weighted by Gasteiger charge is -2.18. The Bertz CT molecular complexity index is 411. The summed E-state index contributed by atoms with van der Waals surface area (Å²) in [5.74, 6) is 1.54. The first kappa shape index (κ1) is 9.16. The van der Waals surface area contributed by atoms with E-state index in [1.54, 1.807) is 18.5 Å². The molecule has 1 aliphatic carbocycles. The van der Waals surface area contributed by atoms with Crippen LogP contribution in [0, 0.1) is 11.8 Å². The smallest absolute Gasteiger partial charge is 0.256 e. The van der Waals surface area contributed by atoms with Crippen LogP contribution in [0.4, 0.5) is 0 Å². The van der Waals surface area contributed by atoms with Gasteiger partial charge in [-0.3, -0.25) is 9.78 Å². The van der Waals surface area contributed by atoms with Crippen molar-refractivity contribution in [3.05, 3.63) is 29.0 Å². The predicted octanol–water partition coefficient (Wildman–Crippen LogP) is 1.83. The van der Waals surface area contributed by atoms with E-state index in [1.807, 2.05) is 4.90 Å². The van der Waals surface area contributed by atoms with E-state index >= 15 is 0 Å². The predicted molar refractivity (Wildman–Crippen MR) is 56.7 cm³/mol. The number of carbonyl (C=O) groups is 1. The number of amides is 1. The molecular weight excluding hydrogens is 212 g/mol. The molecule has 4 heteroatoms. The molecule has 1 aliphatic heterocycles. The van der Waals surface area contributed by atoms with Gasteiger partial charge in [-0.25, -0.2) is 0 Å². The molecule has 0 N–H and O–H groups in total. The first-order valence-corrected chi connectivity index (χ1v) is 5.52. The molecule has 1 saturated heterocycles. The lowest BCUT2D eigenvalue weighted by molar-refractivity contribution is 0.0775. The standard InChI is InChI=1S/C11H11ClN2O/c12-10-1-2-13-4-9(10)11(15)14-5-7-3-8(7)6-14/h1-2,4,7-8H,3,5-6H2. The van der Waals surface area contributed by atoms with Crippen LogP contribution in [-0.2, 0) is 0 Å². The SMILES string of the molecule is O=C(c1cnccc1Cl)N1CC2CC2C1. The number of pyridine rings is 1. The monoisotopic (exact) mass is 222 g/mol. The van der Waals surface area contributed by atoms with Crippen molar-refractivity contribution in [2.45, 2.75) is 6.42 Å². The molecule has 2 fully saturated rings. The summed E-state index contributed by atoms with van der Waals surface area (Å²) in [6.07, 6.45) is 4.44. The van der Waals surface area contributed by atoms with Gasteiger partial charge in [-0.1, -0.05) is 11.6 Å². The molecule has 2 aliphatic rings. The third-order valence-corrected chi connectivity index (χ3v) is 3.59. The third kappa shape index (κ3) is 1.51. The molecule has 1 aromatic heterocycles. The lowest BCUT2D eigenvalue weighted by atomic mass is 10.2. The van der Waals surface area contributed by atoms with E-state index in [4.69, 9.17) is 11.6 Å². The van der Waals surface area contributed by atoms with Crippen LogP contribution in [0.2, 0.25) is 5.02 Å². The molecular formula is C11H11ClN2O. The van der Waals surface area contributed by atoms with Gasteiger partial charge in [0.15, 0.2) is 0 Å². The van der Waals surface area contributed by atoms with Gasteiger partial charge in [0.1, 0.15) is 0 Å². The summed E-state index contributed by atoms with van der Waals surface area (Å²) >= 11 is 5.96. The molecule has 0 spiro atoms. The molecule has 0 bridgehead atoms. The first-order valence-electron chi connectivity index (χ1n) is 5.14. The second-order valence-corrected chi connectivity index (χ2v) is 4.73. The van der Waals surface area contributed by atoms with Gasteiger partial charge >= 0.3 is 0 Å². The number of aromatic nitrogens is 1. The minimum absolute atomic E-state index is 0.0281. The normalized spacial score (nSPS) is 27.7. The topological polar surface area (TPSA) is 33.2 Å². The van der Waals surface area contributed by atoms with Gasteiger partial charge in [-0.05, 0) is 24.3 Å². The van der Waals surface area contributed by atoms with Crippen LogP contribution in [0.15, 0.2) is 18.5 Å². The van der Waals surface area contributed by atoms with Crippen LogP contribution in [-0.4, -0.2) is 28.9 Å². The zero-order valence-corrected chi connectivity index (χ0v) is 8.94. The summed E-state index contributed by atoms with van der Waals surface area (Å²) in [5, 5.41) is 0.496. The van der Waals surface area contributed by atoms with E-state index in [0.717, 1.165) is 24.9 Å². The van der Waals surface area contributed by atoms with Crippen molar-refractivity contribution in [3.63, 3.8) is 0 Å². The molecule has 1 saturated carbocycles. The van der Waals surface area contributed by atoms with Gasteiger partial charge in [0.2, 0.25) is 0 Å². The fourth-order valence-corrected chi connectivity index (χ4v) is 2.46. The fraction of sp³-hybridized carbons (Fsp3) is 0.455. The highest BCUT2D eigenvalue weighted by Crippen LogP contribution is 2.45. The molecule has 0 aromatic carbocycles. The van der Waals surface area contributed by atoms with E-state index in [9.17, 15) is 4.79 Å². The van der Waals surface area contributed by atoms with Gasteiger partial charge < -0.3 is 4.90 Å². The van der Waals surface area contributed by atoms with Gasteiger partial charge in [-0.15, -0.1) is 0 Å². The van der Waals surface area contributed by atoms with Gasteiger partial charge in [-0.2, -0.15) is 0 Å². The number of hydrogen-bond acceptors (Lipinski definition) is 2. The maximum atomic E-state index is 12.0. The zero-order valence-electron chi connectivity index (χ0n) is 8.19. The van der Waals surface area contributed by atoms with Gasteiger partial charge in [0.25, 0.3) is 5.91 Å². The Morgan fingerprint density at radius 1 is 1.47 bits per heavy atom. The Balaban J connectivity index is 1.82. The molecule has 3 nitrogen and oxygen atoms in total. The number of halogens is 1. The van der Waals surface area contributed by atoms with Gasteiger partial charge in [0, 0.05) is 25.5 Å². The Kier molecular flexibility index (Phi) is 1.96. The summed E-state index contributed by atoms with van der Waals surface area (Å²) in [7, 11) is 0. The van der Waals surface area contributed by atoms with Crippen LogP contribution in [0.3, 0.4) is 0 Å². The average molecular weight is 223 g/mol. The molecule has 78 valence electrons. The first-order chi connectivity index (χ1) is 7.25. The van der Waals surface area contributed by atoms with E-state index in [0.29, 0.717) is 10.6 Å². The zero-order chi connectivity index (χ0) is 10.4. The van der Waals surface area contributed by atoms with Crippen LogP contribution in [0.25, 0.3) is 0 Å². The van der Waals surface area contributed by atoms with Crippen LogP contribution in [0.1, 0.15) is 16.8 Å². The lowest BCUT2D eigenvalue weighted by Crippen LogP contribution is -2.30. The number of piperidine rings is 1.